The third-order valence-corrected chi connectivity index (χ3v) is 8.73. The molecule has 0 N–H and O–H groups in total. The lowest BCUT2D eigenvalue weighted by Crippen LogP contribution is -3.00. The summed E-state index contributed by atoms with van der Waals surface area (Å²) in [6.07, 6.45) is 2.31. The quantitative estimate of drug-likeness (QED) is 0.312. The Bertz CT molecular complexity index is 1240. The Hall–Kier alpha value is -2.93. The summed E-state index contributed by atoms with van der Waals surface area (Å²) in [4.78, 5) is 2.44. The maximum atomic E-state index is 2.44. The fraction of sp³-hybridized carbons (Fsp3) is 0.167. The Kier molecular flexibility index (Phi) is 7.51. The van der Waals surface area contributed by atoms with Crippen molar-refractivity contribution in [3.8, 4) is 0 Å². The van der Waals surface area contributed by atoms with Crippen LogP contribution in [0.15, 0.2) is 97.1 Å². The molecule has 4 heteroatoms. The molecule has 0 fully saturated rings. The van der Waals surface area contributed by atoms with Gasteiger partial charge in [0.25, 0.3) is 0 Å². The first-order valence-corrected chi connectivity index (χ1v) is 12.9. The van der Waals surface area contributed by atoms with Crippen LogP contribution in [0.25, 0.3) is 0 Å². The lowest BCUT2D eigenvalue weighted by atomic mass is 10.0. The first-order chi connectivity index (χ1) is 16.1. The van der Waals surface area contributed by atoms with E-state index in [0.29, 0.717) is 0 Å². The van der Waals surface area contributed by atoms with E-state index in [1.165, 1.54) is 44.0 Å². The summed E-state index contributed by atoms with van der Waals surface area (Å²) in [6.45, 7) is 8.60. The molecule has 4 aromatic rings. The van der Waals surface area contributed by atoms with Gasteiger partial charge in [-0.25, -0.2) is 9.48 Å². The zero-order chi connectivity index (χ0) is 22.8. The second-order valence-corrected chi connectivity index (χ2v) is 10.9. The number of aryl methyl sites for hydroxylation is 3. The predicted molar refractivity (Wildman–Crippen MR) is 144 cm³/mol. The average Bonchev–Trinajstić information content (AvgIpc) is 3.30. The smallest absolute Gasteiger partial charge is 0.244 e. The Morgan fingerprint density at radius 3 is 1.82 bits per heavy atom. The number of hydrogen-bond acceptors (Lipinski definition) is 1. The summed E-state index contributed by atoms with van der Waals surface area (Å²) in [7, 11) is -0.648. The van der Waals surface area contributed by atoms with E-state index in [4.69, 9.17) is 0 Å². The van der Waals surface area contributed by atoms with Crippen molar-refractivity contribution in [3.05, 3.63) is 114 Å². The molecule has 1 aliphatic rings. The summed E-state index contributed by atoms with van der Waals surface area (Å²) < 4.78 is 2.42. The van der Waals surface area contributed by atoms with Crippen molar-refractivity contribution in [2.45, 2.75) is 20.8 Å². The van der Waals surface area contributed by atoms with Gasteiger partial charge in [0.1, 0.15) is 24.5 Å². The van der Waals surface area contributed by atoms with Crippen LogP contribution in [0.1, 0.15) is 16.7 Å². The molecule has 1 heterocycles. The van der Waals surface area contributed by atoms with Gasteiger partial charge in [-0.05, 0) is 62.6 Å². The fourth-order valence-corrected chi connectivity index (χ4v) is 7.42. The first kappa shape index (κ1) is 24.2. The lowest BCUT2D eigenvalue weighted by molar-refractivity contribution is -0.425. The van der Waals surface area contributed by atoms with E-state index in [2.05, 4.69) is 134 Å². The molecule has 4 aromatic carbocycles. The molecule has 0 atom stereocenters. The highest BCUT2D eigenvalue weighted by molar-refractivity contribution is 7.80. The van der Waals surface area contributed by atoms with Crippen molar-refractivity contribution in [3.63, 3.8) is 0 Å². The number of hydrogen-bond donors (Lipinski definition) is 0. The number of anilines is 1. The van der Waals surface area contributed by atoms with Crippen molar-refractivity contribution in [2.75, 3.05) is 18.0 Å². The van der Waals surface area contributed by atoms with Crippen molar-refractivity contribution in [1.82, 2.24) is 0 Å². The molecule has 0 spiro atoms. The first-order valence-electron chi connectivity index (χ1n) is 11.6. The molecule has 1 aliphatic heterocycles. The van der Waals surface area contributed by atoms with Crippen LogP contribution in [0.3, 0.4) is 0 Å². The second-order valence-electron chi connectivity index (χ2n) is 8.74. The number of benzene rings is 4. The third kappa shape index (κ3) is 4.80. The summed E-state index contributed by atoms with van der Waals surface area (Å²) in [5, 5.41) is 4.17. The van der Waals surface area contributed by atoms with Gasteiger partial charge in [-0.2, -0.15) is 0 Å². The van der Waals surface area contributed by atoms with Crippen LogP contribution in [0.4, 0.5) is 11.4 Å². The van der Waals surface area contributed by atoms with Crippen LogP contribution in [0, 0.1) is 20.8 Å². The third-order valence-electron chi connectivity index (χ3n) is 6.24. The van der Waals surface area contributed by atoms with Crippen molar-refractivity contribution >= 4 is 41.5 Å². The summed E-state index contributed by atoms with van der Waals surface area (Å²) in [6, 6.07) is 35.4. The number of para-hydroxylation sites is 1. The number of rotatable bonds is 5. The summed E-state index contributed by atoms with van der Waals surface area (Å²) >= 11 is 0. The molecule has 34 heavy (non-hydrogen) atoms. The number of nitrogens with zero attached hydrogens (tertiary/aromatic N) is 2. The van der Waals surface area contributed by atoms with E-state index in [-0.39, 0.29) is 12.4 Å². The highest BCUT2D eigenvalue weighted by Gasteiger charge is 2.29. The molecule has 5 rings (SSSR count). The molecule has 0 saturated carbocycles. The van der Waals surface area contributed by atoms with E-state index in [1.54, 1.807) is 0 Å². The minimum Gasteiger partial charge on any atom is -1.00 e. The van der Waals surface area contributed by atoms with Crippen LogP contribution in [0.5, 0.6) is 0 Å². The summed E-state index contributed by atoms with van der Waals surface area (Å²) in [5.74, 6) is 0. The monoisotopic (exact) mass is 484 g/mol. The molecule has 0 saturated heterocycles. The standard InChI is InChI=1S/C30H30N2P.ClH/c1-23-20-24(2)30(25(3)21-23)32-19-18-31(22-32)28-16-10-11-17-29(28)33(26-12-6-4-7-13-26)27-14-8-5-9-15-27;/h4-17,20-22H,18-19H2,1-3H3;1H/q+1;/p-1. The van der Waals surface area contributed by atoms with Crippen molar-refractivity contribution < 1.29 is 17.0 Å². The van der Waals surface area contributed by atoms with E-state index in [1.807, 2.05) is 0 Å². The van der Waals surface area contributed by atoms with Gasteiger partial charge < -0.3 is 12.4 Å². The van der Waals surface area contributed by atoms with Crippen LogP contribution >= 0.6 is 7.92 Å². The van der Waals surface area contributed by atoms with Crippen molar-refractivity contribution in [2.24, 2.45) is 0 Å². The van der Waals surface area contributed by atoms with Crippen LogP contribution in [-0.2, 0) is 0 Å². The molecule has 0 aliphatic carbocycles. The van der Waals surface area contributed by atoms with E-state index in [0.717, 1.165) is 13.1 Å². The van der Waals surface area contributed by atoms with E-state index in [9.17, 15) is 0 Å². The summed E-state index contributed by atoms with van der Waals surface area (Å²) in [5.41, 5.74) is 6.66. The predicted octanol–water partition coefficient (Wildman–Crippen LogP) is 2.57. The maximum Gasteiger partial charge on any atom is 0.244 e. The van der Waals surface area contributed by atoms with Gasteiger partial charge in [-0.1, -0.05) is 90.5 Å². The number of halogens is 1. The zero-order valence-corrected chi connectivity index (χ0v) is 21.6. The fourth-order valence-electron chi connectivity index (χ4n) is 4.95. The topological polar surface area (TPSA) is 6.25 Å². The highest BCUT2D eigenvalue weighted by atomic mass is 35.5. The maximum absolute atomic E-state index is 2.44. The van der Waals surface area contributed by atoms with Crippen LogP contribution in [-0.4, -0.2) is 24.0 Å². The molecule has 172 valence electrons. The minimum atomic E-state index is -0.648. The molecule has 2 nitrogen and oxygen atoms in total. The SMILES string of the molecule is Cc1cc(C)c([N+]2=CN(c3ccccc3P(c3ccccc3)c3ccccc3)CC2)c(C)c1.[Cl-]. The van der Waals surface area contributed by atoms with Gasteiger partial charge in [0, 0.05) is 5.30 Å². The average molecular weight is 485 g/mol. The molecule has 0 amide bonds. The van der Waals surface area contributed by atoms with Gasteiger partial charge in [0.15, 0.2) is 0 Å². The molecule has 0 unspecified atom stereocenters. The molecule has 0 aromatic heterocycles. The van der Waals surface area contributed by atoms with E-state index >= 15 is 0 Å². The molecular formula is C30H30ClN2P. The lowest BCUT2D eigenvalue weighted by Gasteiger charge is -2.22. The molecule has 0 bridgehead atoms. The van der Waals surface area contributed by atoms with Crippen LogP contribution in [0.2, 0.25) is 0 Å². The van der Waals surface area contributed by atoms with Gasteiger partial charge in [-0.3, -0.25) is 0 Å². The molecular weight excluding hydrogens is 455 g/mol. The normalized spacial score (nSPS) is 13.1. The Morgan fingerprint density at radius 2 is 1.24 bits per heavy atom. The van der Waals surface area contributed by atoms with Gasteiger partial charge in [0.2, 0.25) is 6.34 Å². The van der Waals surface area contributed by atoms with Gasteiger partial charge in [0.05, 0.1) is 0 Å². The molecule has 0 radical (unpaired) electrons. The van der Waals surface area contributed by atoms with Gasteiger partial charge >= 0.3 is 0 Å². The second kappa shape index (κ2) is 10.6. The van der Waals surface area contributed by atoms with E-state index < -0.39 is 7.92 Å². The Labute approximate surface area is 210 Å². The van der Waals surface area contributed by atoms with Crippen LogP contribution < -0.4 is 33.2 Å². The Morgan fingerprint density at radius 1 is 0.706 bits per heavy atom. The highest BCUT2D eigenvalue weighted by Crippen LogP contribution is 2.37. The zero-order valence-electron chi connectivity index (χ0n) is 19.9. The van der Waals surface area contributed by atoms with Gasteiger partial charge in [-0.15, -0.1) is 0 Å². The Balaban J connectivity index is 0.00000274. The van der Waals surface area contributed by atoms with Crippen molar-refractivity contribution in [1.29, 1.82) is 0 Å². The minimum absolute atomic E-state index is 0. The largest absolute Gasteiger partial charge is 1.00 e.